The zero-order valence-electron chi connectivity index (χ0n) is 17.2. The molecule has 0 saturated carbocycles. The summed E-state index contributed by atoms with van der Waals surface area (Å²) in [5, 5.41) is 10.3. The number of ketones is 2. The van der Waals surface area contributed by atoms with E-state index in [4.69, 9.17) is 9.47 Å². The van der Waals surface area contributed by atoms with Crippen molar-refractivity contribution in [1.29, 1.82) is 0 Å². The topological polar surface area (TPSA) is 89.9 Å². The summed E-state index contributed by atoms with van der Waals surface area (Å²) >= 11 is 0. The summed E-state index contributed by atoms with van der Waals surface area (Å²) in [6.45, 7) is 6.94. The van der Waals surface area contributed by atoms with Gasteiger partial charge in [0.25, 0.3) is 0 Å². The number of rotatable bonds is 4. The van der Waals surface area contributed by atoms with Crippen molar-refractivity contribution < 1.29 is 29.0 Å². The number of aryl methyl sites for hydroxylation is 1. The van der Waals surface area contributed by atoms with Gasteiger partial charge in [-0.05, 0) is 49.6 Å². The zero-order chi connectivity index (χ0) is 21.8. The molecular weight excluding hydrogens is 384 g/mol. The standard InChI is InChI=1S/C24H22O6/c1-5-12(2)22(27)20-21-15-11-29-17(19-13(3)7-6-8-16(19)25)9-14(15)10-18(26)24(21,4)30-23(20)28/h6-12,25H,5H2,1-4H3/t12-,24+/m0/s1. The molecular formula is C24H22O6. The van der Waals surface area contributed by atoms with E-state index >= 15 is 0 Å². The third-order valence-electron chi connectivity index (χ3n) is 5.96. The summed E-state index contributed by atoms with van der Waals surface area (Å²) in [6.07, 6.45) is 4.99. The molecule has 0 unspecified atom stereocenters. The molecule has 1 N–H and O–H groups in total. The molecule has 154 valence electrons. The fourth-order valence-electron chi connectivity index (χ4n) is 4.00. The Kier molecular flexibility index (Phi) is 4.53. The number of carbonyl (C=O) groups is 3. The number of carbonyl (C=O) groups excluding carboxylic acids is 3. The molecule has 1 aromatic carbocycles. The largest absolute Gasteiger partial charge is 0.507 e. The molecule has 0 saturated heterocycles. The molecule has 1 aromatic rings. The normalized spacial score (nSPS) is 23.5. The maximum Gasteiger partial charge on any atom is 0.343 e. The molecule has 0 spiro atoms. The maximum absolute atomic E-state index is 12.9. The van der Waals surface area contributed by atoms with Crippen LogP contribution in [0, 0.1) is 12.8 Å². The van der Waals surface area contributed by atoms with Gasteiger partial charge in [0.15, 0.2) is 11.4 Å². The summed E-state index contributed by atoms with van der Waals surface area (Å²) < 4.78 is 11.2. The Labute approximate surface area is 174 Å². The second kappa shape index (κ2) is 6.83. The lowest BCUT2D eigenvalue weighted by molar-refractivity contribution is -0.153. The molecule has 4 rings (SSSR count). The van der Waals surface area contributed by atoms with Crippen LogP contribution < -0.4 is 0 Å². The highest BCUT2D eigenvalue weighted by atomic mass is 16.6. The number of hydrogen-bond donors (Lipinski definition) is 1. The fourth-order valence-corrected chi connectivity index (χ4v) is 4.00. The maximum atomic E-state index is 12.9. The van der Waals surface area contributed by atoms with Gasteiger partial charge in [-0.15, -0.1) is 0 Å². The first-order valence-electron chi connectivity index (χ1n) is 9.85. The molecule has 6 nitrogen and oxygen atoms in total. The molecule has 0 bridgehead atoms. The van der Waals surface area contributed by atoms with E-state index in [1.807, 2.05) is 19.9 Å². The van der Waals surface area contributed by atoms with Gasteiger partial charge < -0.3 is 14.6 Å². The average Bonchev–Trinajstić information content (AvgIpc) is 2.98. The van der Waals surface area contributed by atoms with Crippen molar-refractivity contribution in [2.45, 2.75) is 39.7 Å². The third-order valence-corrected chi connectivity index (χ3v) is 5.96. The van der Waals surface area contributed by atoms with Crippen LogP contribution in [0.25, 0.3) is 5.76 Å². The number of allylic oxidation sites excluding steroid dienone is 2. The van der Waals surface area contributed by atoms with Gasteiger partial charge in [0, 0.05) is 17.1 Å². The van der Waals surface area contributed by atoms with Crippen LogP contribution in [0.5, 0.6) is 5.75 Å². The van der Waals surface area contributed by atoms with E-state index in [1.54, 1.807) is 25.1 Å². The lowest BCUT2D eigenvalue weighted by Crippen LogP contribution is -2.40. The monoisotopic (exact) mass is 406 g/mol. The van der Waals surface area contributed by atoms with Crippen molar-refractivity contribution in [2.75, 3.05) is 0 Å². The van der Waals surface area contributed by atoms with Crippen molar-refractivity contribution in [3.8, 4) is 5.75 Å². The van der Waals surface area contributed by atoms with Crippen LogP contribution in [0.2, 0.25) is 0 Å². The summed E-state index contributed by atoms with van der Waals surface area (Å²) in [5.74, 6) is -1.51. The van der Waals surface area contributed by atoms with Gasteiger partial charge in [0.1, 0.15) is 17.1 Å². The van der Waals surface area contributed by atoms with Gasteiger partial charge in [-0.3, -0.25) is 9.59 Å². The van der Waals surface area contributed by atoms with Crippen molar-refractivity contribution in [3.63, 3.8) is 0 Å². The highest BCUT2D eigenvalue weighted by molar-refractivity contribution is 6.24. The van der Waals surface area contributed by atoms with Crippen LogP contribution in [0.15, 0.2) is 58.9 Å². The van der Waals surface area contributed by atoms with E-state index < -0.39 is 17.4 Å². The minimum absolute atomic E-state index is 0.0527. The number of Topliss-reactive ketones (excluding diaryl/α,β-unsaturated/α-hetero) is 1. The molecule has 2 heterocycles. The number of hydrogen-bond acceptors (Lipinski definition) is 6. The summed E-state index contributed by atoms with van der Waals surface area (Å²) in [5.41, 5.74) is 0.899. The van der Waals surface area contributed by atoms with Crippen LogP contribution in [-0.2, 0) is 23.9 Å². The third kappa shape index (κ3) is 2.75. The molecule has 0 aromatic heterocycles. The Hall–Kier alpha value is -3.41. The first-order valence-corrected chi connectivity index (χ1v) is 9.85. The molecule has 30 heavy (non-hydrogen) atoms. The molecule has 0 radical (unpaired) electrons. The Balaban J connectivity index is 1.88. The van der Waals surface area contributed by atoms with Gasteiger partial charge in [-0.25, -0.2) is 4.79 Å². The summed E-state index contributed by atoms with van der Waals surface area (Å²) in [7, 11) is 0. The first-order chi connectivity index (χ1) is 14.2. The second-order valence-electron chi connectivity index (χ2n) is 7.94. The molecule has 2 aliphatic heterocycles. The van der Waals surface area contributed by atoms with Gasteiger partial charge >= 0.3 is 5.97 Å². The van der Waals surface area contributed by atoms with Crippen LogP contribution in [0.3, 0.4) is 0 Å². The average molecular weight is 406 g/mol. The molecule has 3 aliphatic rings. The van der Waals surface area contributed by atoms with E-state index in [2.05, 4.69) is 0 Å². The Morgan fingerprint density at radius 1 is 1.23 bits per heavy atom. The minimum atomic E-state index is -1.55. The molecule has 0 fully saturated rings. The number of benzene rings is 1. The predicted octanol–water partition coefficient (Wildman–Crippen LogP) is 3.69. The SMILES string of the molecule is CC[C@H](C)C(=O)C1=C2C3=COC(c4c(C)cccc4O)=CC3=CC(=O)[C@@]2(C)OC1=O. The van der Waals surface area contributed by atoms with Crippen molar-refractivity contribution in [1.82, 2.24) is 0 Å². The number of ether oxygens (including phenoxy) is 2. The minimum Gasteiger partial charge on any atom is -0.507 e. The van der Waals surface area contributed by atoms with Crippen molar-refractivity contribution >= 4 is 23.3 Å². The van der Waals surface area contributed by atoms with E-state index in [1.165, 1.54) is 19.3 Å². The number of phenolic OH excluding ortho intramolecular Hbond substituents is 1. The number of esters is 1. The molecule has 1 aliphatic carbocycles. The molecule has 6 heteroatoms. The van der Waals surface area contributed by atoms with Gasteiger partial charge in [0.05, 0.1) is 11.8 Å². The number of aromatic hydroxyl groups is 1. The second-order valence-corrected chi connectivity index (χ2v) is 7.94. The smallest absolute Gasteiger partial charge is 0.343 e. The summed E-state index contributed by atoms with van der Waals surface area (Å²) in [6, 6.07) is 5.12. The molecule has 2 atom stereocenters. The lowest BCUT2D eigenvalue weighted by atomic mass is 9.75. The van der Waals surface area contributed by atoms with Crippen molar-refractivity contribution in [3.05, 3.63) is 70.0 Å². The van der Waals surface area contributed by atoms with Crippen LogP contribution in [0.1, 0.15) is 38.3 Å². The fraction of sp³-hybridized carbons (Fsp3) is 0.292. The van der Waals surface area contributed by atoms with Crippen LogP contribution in [0.4, 0.5) is 0 Å². The predicted molar refractivity (Wildman–Crippen MR) is 109 cm³/mol. The van der Waals surface area contributed by atoms with Gasteiger partial charge in [-0.1, -0.05) is 26.0 Å². The molecule has 0 amide bonds. The Bertz CT molecular complexity index is 1110. The number of fused-ring (bicyclic) bond motifs is 3. The quantitative estimate of drug-likeness (QED) is 0.606. The Morgan fingerprint density at radius 2 is 1.97 bits per heavy atom. The van der Waals surface area contributed by atoms with E-state index in [0.717, 1.165) is 5.56 Å². The van der Waals surface area contributed by atoms with Crippen LogP contribution in [-0.4, -0.2) is 28.2 Å². The van der Waals surface area contributed by atoms with E-state index in [0.29, 0.717) is 28.9 Å². The number of phenols is 1. The summed E-state index contributed by atoms with van der Waals surface area (Å²) in [4.78, 5) is 38.5. The van der Waals surface area contributed by atoms with Gasteiger partial charge in [0.2, 0.25) is 5.78 Å². The lowest BCUT2D eigenvalue weighted by Gasteiger charge is -2.31. The van der Waals surface area contributed by atoms with Crippen molar-refractivity contribution in [2.24, 2.45) is 5.92 Å². The highest BCUT2D eigenvalue weighted by Gasteiger charge is 2.55. The zero-order valence-corrected chi connectivity index (χ0v) is 17.2. The van der Waals surface area contributed by atoms with E-state index in [-0.39, 0.29) is 28.6 Å². The first kappa shape index (κ1) is 19.9. The van der Waals surface area contributed by atoms with Gasteiger partial charge in [-0.2, -0.15) is 0 Å². The van der Waals surface area contributed by atoms with E-state index in [9.17, 15) is 19.5 Å². The Morgan fingerprint density at radius 3 is 2.63 bits per heavy atom. The van der Waals surface area contributed by atoms with Crippen LogP contribution >= 0.6 is 0 Å². The highest BCUT2D eigenvalue weighted by Crippen LogP contribution is 2.48.